The van der Waals surface area contributed by atoms with Crippen LogP contribution in [0.4, 0.5) is 18.9 Å². The molecule has 0 aromatic heterocycles. The Morgan fingerprint density at radius 1 is 1.03 bits per heavy atom. The first kappa shape index (κ1) is 22.3. The lowest BCUT2D eigenvalue weighted by Gasteiger charge is -2.35. The number of rotatable bonds is 5. The summed E-state index contributed by atoms with van der Waals surface area (Å²) in [5.41, 5.74) is 1.32. The molecule has 0 radical (unpaired) electrons. The van der Waals surface area contributed by atoms with Gasteiger partial charge in [0.1, 0.15) is 0 Å². The number of anilines is 1. The monoisotopic (exact) mass is 445 g/mol. The molecule has 8 heteroatoms. The van der Waals surface area contributed by atoms with Crippen molar-refractivity contribution in [2.45, 2.75) is 26.1 Å². The van der Waals surface area contributed by atoms with Crippen molar-refractivity contribution >= 4 is 17.5 Å². The van der Waals surface area contributed by atoms with Gasteiger partial charge in [-0.05, 0) is 48.2 Å². The first-order valence-electron chi connectivity index (χ1n) is 10.8. The van der Waals surface area contributed by atoms with Crippen molar-refractivity contribution < 1.29 is 22.8 Å². The van der Waals surface area contributed by atoms with E-state index in [4.69, 9.17) is 0 Å². The number of piperazine rings is 1. The Labute approximate surface area is 185 Å². The summed E-state index contributed by atoms with van der Waals surface area (Å²) in [4.78, 5) is 29.0. The number of carbonyl (C=O) groups is 2. The zero-order chi connectivity index (χ0) is 22.9. The smallest absolute Gasteiger partial charge is 0.336 e. The van der Waals surface area contributed by atoms with Crippen LogP contribution >= 0.6 is 0 Å². The molecular formula is C24H26F3N3O2. The van der Waals surface area contributed by atoms with Crippen molar-refractivity contribution in [1.82, 2.24) is 9.80 Å². The van der Waals surface area contributed by atoms with Gasteiger partial charge in [-0.1, -0.05) is 25.1 Å². The molecule has 2 amide bonds. The van der Waals surface area contributed by atoms with Gasteiger partial charge in [0.05, 0.1) is 5.56 Å². The summed E-state index contributed by atoms with van der Waals surface area (Å²) in [5.74, 6) is 0.389. The zero-order valence-corrected chi connectivity index (χ0v) is 17.9. The highest BCUT2D eigenvalue weighted by Crippen LogP contribution is 2.38. The van der Waals surface area contributed by atoms with Crippen LogP contribution in [-0.2, 0) is 17.5 Å². The van der Waals surface area contributed by atoms with Gasteiger partial charge in [0.25, 0.3) is 5.91 Å². The fourth-order valence-electron chi connectivity index (χ4n) is 4.00. The van der Waals surface area contributed by atoms with Gasteiger partial charge < -0.3 is 10.2 Å². The van der Waals surface area contributed by atoms with E-state index in [0.717, 1.165) is 24.1 Å². The largest absolute Gasteiger partial charge is 0.416 e. The van der Waals surface area contributed by atoms with E-state index in [1.807, 2.05) is 6.92 Å². The van der Waals surface area contributed by atoms with E-state index in [2.05, 4.69) is 10.2 Å². The lowest BCUT2D eigenvalue weighted by atomic mass is 10.1. The minimum Gasteiger partial charge on any atom is -0.336 e. The van der Waals surface area contributed by atoms with Crippen LogP contribution < -0.4 is 5.32 Å². The quantitative estimate of drug-likeness (QED) is 0.749. The predicted molar refractivity (Wildman–Crippen MR) is 115 cm³/mol. The number of hydrogen-bond donors (Lipinski definition) is 1. The Morgan fingerprint density at radius 3 is 2.28 bits per heavy atom. The summed E-state index contributed by atoms with van der Waals surface area (Å²) in [6.07, 6.45) is -3.43. The second-order valence-corrected chi connectivity index (χ2v) is 8.65. The Kier molecular flexibility index (Phi) is 6.24. The Balaban J connectivity index is 1.30. The molecular weight excluding hydrogens is 419 g/mol. The highest BCUT2D eigenvalue weighted by atomic mass is 19.4. The molecule has 2 aliphatic rings. The molecule has 1 aliphatic heterocycles. The van der Waals surface area contributed by atoms with Crippen LogP contribution in [0.2, 0.25) is 0 Å². The SMILES string of the molecule is CC1CC1C(=O)Nc1cccc(C(=O)N2CCN(Cc3ccc(C(F)(F)F)cc3)CC2)c1. The van der Waals surface area contributed by atoms with Gasteiger partial charge >= 0.3 is 6.18 Å². The zero-order valence-electron chi connectivity index (χ0n) is 17.9. The second kappa shape index (κ2) is 8.94. The van der Waals surface area contributed by atoms with Crippen LogP contribution in [0.5, 0.6) is 0 Å². The Bertz CT molecular complexity index is 983. The van der Waals surface area contributed by atoms with Gasteiger partial charge in [0.15, 0.2) is 0 Å². The number of nitrogens with zero attached hydrogens (tertiary/aromatic N) is 2. The molecule has 4 rings (SSSR count). The summed E-state index contributed by atoms with van der Waals surface area (Å²) in [5, 5.41) is 2.89. The highest BCUT2D eigenvalue weighted by molar-refractivity contribution is 5.98. The van der Waals surface area contributed by atoms with Crippen LogP contribution in [0.3, 0.4) is 0 Å². The van der Waals surface area contributed by atoms with E-state index >= 15 is 0 Å². The van der Waals surface area contributed by atoms with Gasteiger partial charge in [-0.25, -0.2) is 0 Å². The van der Waals surface area contributed by atoms with Gasteiger partial charge in [-0.3, -0.25) is 14.5 Å². The van der Waals surface area contributed by atoms with E-state index in [1.54, 1.807) is 29.2 Å². The molecule has 1 aliphatic carbocycles. The number of alkyl halides is 3. The van der Waals surface area contributed by atoms with Gasteiger partial charge in [0.2, 0.25) is 5.91 Å². The number of halogens is 3. The van der Waals surface area contributed by atoms with Crippen LogP contribution in [0.25, 0.3) is 0 Å². The average molecular weight is 445 g/mol. The van der Waals surface area contributed by atoms with E-state index in [1.165, 1.54) is 12.1 Å². The van der Waals surface area contributed by atoms with E-state index in [9.17, 15) is 22.8 Å². The molecule has 2 unspecified atom stereocenters. The van der Waals surface area contributed by atoms with Gasteiger partial charge in [-0.15, -0.1) is 0 Å². The molecule has 2 fully saturated rings. The number of benzene rings is 2. The fraction of sp³-hybridized carbons (Fsp3) is 0.417. The third-order valence-corrected chi connectivity index (χ3v) is 6.17. The van der Waals surface area contributed by atoms with Crippen LogP contribution in [0.1, 0.15) is 34.8 Å². The molecule has 2 aromatic carbocycles. The van der Waals surface area contributed by atoms with Gasteiger partial charge in [-0.2, -0.15) is 13.2 Å². The molecule has 5 nitrogen and oxygen atoms in total. The first-order valence-corrected chi connectivity index (χ1v) is 10.8. The maximum absolute atomic E-state index is 12.9. The number of hydrogen-bond acceptors (Lipinski definition) is 3. The minimum absolute atomic E-state index is 0.000945. The molecule has 2 atom stereocenters. The topological polar surface area (TPSA) is 52.7 Å². The van der Waals surface area contributed by atoms with Gasteiger partial charge in [0, 0.05) is 49.9 Å². The number of carbonyl (C=O) groups excluding carboxylic acids is 2. The van der Waals surface area contributed by atoms with E-state index in [0.29, 0.717) is 49.9 Å². The summed E-state index contributed by atoms with van der Waals surface area (Å²) in [6, 6.07) is 12.2. The van der Waals surface area contributed by atoms with Crippen molar-refractivity contribution in [3.05, 3.63) is 65.2 Å². The predicted octanol–water partition coefficient (Wildman–Crippen LogP) is 4.26. The summed E-state index contributed by atoms with van der Waals surface area (Å²) in [6.45, 7) is 4.94. The van der Waals surface area contributed by atoms with Crippen molar-refractivity contribution in [2.75, 3.05) is 31.5 Å². The molecule has 170 valence electrons. The maximum Gasteiger partial charge on any atom is 0.416 e. The second-order valence-electron chi connectivity index (χ2n) is 8.65. The standard InChI is InChI=1S/C24H26F3N3O2/c1-16-13-21(16)22(31)28-20-4-2-3-18(14-20)23(32)30-11-9-29(10-12-30)15-17-5-7-19(8-6-17)24(25,26)27/h2-8,14,16,21H,9-13,15H2,1H3,(H,28,31). The normalized spacial score (nSPS) is 21.3. The molecule has 0 bridgehead atoms. The summed E-state index contributed by atoms with van der Waals surface area (Å²) < 4.78 is 38.1. The maximum atomic E-state index is 12.9. The van der Waals surface area contributed by atoms with E-state index < -0.39 is 11.7 Å². The Morgan fingerprint density at radius 2 is 1.69 bits per heavy atom. The third kappa shape index (κ3) is 5.30. The molecule has 0 spiro atoms. The number of amides is 2. The van der Waals surface area contributed by atoms with Crippen molar-refractivity contribution in [1.29, 1.82) is 0 Å². The summed E-state index contributed by atoms with van der Waals surface area (Å²) >= 11 is 0. The van der Waals surface area contributed by atoms with Crippen LogP contribution in [0.15, 0.2) is 48.5 Å². The molecule has 1 saturated heterocycles. The van der Waals surface area contributed by atoms with E-state index in [-0.39, 0.29) is 17.7 Å². The molecule has 2 aromatic rings. The average Bonchev–Trinajstić information content (AvgIpc) is 3.50. The van der Waals surface area contributed by atoms with Crippen LogP contribution in [0, 0.1) is 11.8 Å². The fourth-order valence-corrected chi connectivity index (χ4v) is 4.00. The molecule has 1 saturated carbocycles. The minimum atomic E-state index is -4.33. The first-order chi connectivity index (χ1) is 15.2. The highest BCUT2D eigenvalue weighted by Gasteiger charge is 2.39. The third-order valence-electron chi connectivity index (χ3n) is 6.17. The van der Waals surface area contributed by atoms with Crippen LogP contribution in [-0.4, -0.2) is 47.8 Å². The molecule has 1 heterocycles. The molecule has 1 N–H and O–H groups in total. The lowest BCUT2D eigenvalue weighted by molar-refractivity contribution is -0.137. The molecule has 32 heavy (non-hydrogen) atoms. The van der Waals surface area contributed by atoms with Crippen molar-refractivity contribution in [3.63, 3.8) is 0 Å². The van der Waals surface area contributed by atoms with Crippen molar-refractivity contribution in [2.24, 2.45) is 11.8 Å². The Hall–Kier alpha value is -2.87. The summed E-state index contributed by atoms with van der Waals surface area (Å²) in [7, 11) is 0. The van der Waals surface area contributed by atoms with Crippen molar-refractivity contribution in [3.8, 4) is 0 Å². The number of nitrogens with one attached hydrogen (secondary N) is 1. The lowest BCUT2D eigenvalue weighted by Crippen LogP contribution is -2.48.